The summed E-state index contributed by atoms with van der Waals surface area (Å²) in [6, 6.07) is 13.1. The van der Waals surface area contributed by atoms with Crippen LogP contribution < -0.4 is 37.2 Å². The first-order chi connectivity index (χ1) is 6.33. The van der Waals surface area contributed by atoms with E-state index in [1.807, 2.05) is 0 Å². The number of hydrogen-bond acceptors (Lipinski definition) is 0. The smallest absolute Gasteiger partial charge is 1.00 e. The number of fused-ring (bicyclic) bond motifs is 1. The van der Waals surface area contributed by atoms with Crippen molar-refractivity contribution >= 4 is 10.8 Å². The molecule has 92 valence electrons. The molecule has 0 aliphatic carbocycles. The summed E-state index contributed by atoms with van der Waals surface area (Å²) in [6.45, 7) is 4.54. The molecule has 0 bridgehead atoms. The van der Waals surface area contributed by atoms with E-state index in [1.54, 1.807) is 0 Å². The molecule has 0 N–H and O–H groups in total. The van der Waals surface area contributed by atoms with Gasteiger partial charge < -0.3 is 37.2 Å². The molecule has 2 rings (SSSR count). The maximum Gasteiger partial charge on any atom is 4.00 e. The normalized spacial score (nSPS) is 10.2. The first-order valence-electron chi connectivity index (χ1n) is 4.97. The zero-order valence-corrected chi connectivity index (χ0v) is 15.7. The third-order valence-corrected chi connectivity index (χ3v) is 2.86. The molecule has 0 amide bonds. The molecule has 0 saturated carbocycles. The molecule has 0 heterocycles. The van der Waals surface area contributed by atoms with Crippen LogP contribution in [0.4, 0.5) is 0 Å². The topological polar surface area (TPSA) is 0 Å². The monoisotopic (exact) mass is 456 g/mol. The van der Waals surface area contributed by atoms with Crippen molar-refractivity contribution < 1.29 is 63.1 Å². The Morgan fingerprint density at radius 2 is 1.71 bits per heavy atom. The molecule has 1 unspecified atom stereocenters. The van der Waals surface area contributed by atoms with Crippen LogP contribution in [0.25, 0.3) is 10.8 Å². The summed E-state index contributed by atoms with van der Waals surface area (Å²) in [5, 5.41) is 2.80. The van der Waals surface area contributed by atoms with Crippen LogP contribution in [-0.4, -0.2) is 0 Å². The maximum atomic E-state index is 2.29. The molecule has 0 saturated heterocycles. The van der Waals surface area contributed by atoms with Gasteiger partial charge in [-0.15, -0.1) is 41.1 Å². The molecule has 0 spiro atoms. The summed E-state index contributed by atoms with van der Waals surface area (Å²) in [4.78, 5) is 0. The first kappa shape index (κ1) is 22.7. The molecule has 0 aliphatic heterocycles. The number of hydrogen-bond donors (Lipinski definition) is 0. The van der Waals surface area contributed by atoms with Gasteiger partial charge in [0.2, 0.25) is 0 Å². The van der Waals surface area contributed by atoms with E-state index in [0.717, 1.165) is 0 Å². The molecular weight excluding hydrogens is 441 g/mol. The van der Waals surface area contributed by atoms with Crippen LogP contribution in [0.2, 0.25) is 0 Å². The Morgan fingerprint density at radius 3 is 2.29 bits per heavy atom. The molecule has 0 nitrogen and oxygen atoms in total. The van der Waals surface area contributed by atoms with Gasteiger partial charge >= 0.3 is 25.8 Å². The fourth-order valence-corrected chi connectivity index (χ4v) is 1.82. The van der Waals surface area contributed by atoms with Crippen molar-refractivity contribution in [1.29, 1.82) is 0 Å². The Hall–Kier alpha value is 0.570. The van der Waals surface area contributed by atoms with Crippen LogP contribution in [0, 0.1) is 0 Å². The quantitative estimate of drug-likeness (QED) is 0.314. The van der Waals surface area contributed by atoms with E-state index in [0.29, 0.717) is 5.92 Å². The Balaban J connectivity index is -0.000000490. The van der Waals surface area contributed by atoms with Crippen molar-refractivity contribution in [1.82, 2.24) is 0 Å². The van der Waals surface area contributed by atoms with Gasteiger partial charge in [-0.25, -0.2) is 0 Å². The van der Waals surface area contributed by atoms with Gasteiger partial charge in [-0.2, -0.15) is 5.56 Å². The fourth-order valence-electron chi connectivity index (χ4n) is 1.82. The van der Waals surface area contributed by atoms with Crippen LogP contribution in [0.3, 0.4) is 0 Å². The van der Waals surface area contributed by atoms with Crippen molar-refractivity contribution in [3.8, 4) is 0 Å². The van der Waals surface area contributed by atoms with Crippen LogP contribution in [-0.2, 0) is 25.8 Å². The molecule has 17 heavy (non-hydrogen) atoms. The molecule has 0 radical (unpaired) electrons. The van der Waals surface area contributed by atoms with Gasteiger partial charge in [0.05, 0.1) is 0 Å². The number of halogens is 3. The van der Waals surface area contributed by atoms with Gasteiger partial charge in [0.25, 0.3) is 0 Å². The van der Waals surface area contributed by atoms with E-state index in [4.69, 9.17) is 0 Å². The average Bonchev–Trinajstić information content (AvgIpc) is 2.60. The van der Waals surface area contributed by atoms with Crippen LogP contribution in [0.1, 0.15) is 31.7 Å². The first-order valence-corrected chi connectivity index (χ1v) is 4.97. The number of benzene rings is 1. The van der Waals surface area contributed by atoms with Gasteiger partial charge in [-0.1, -0.05) is 32.3 Å². The third-order valence-electron chi connectivity index (χ3n) is 2.86. The van der Waals surface area contributed by atoms with Gasteiger partial charge in [0, 0.05) is 0 Å². The van der Waals surface area contributed by atoms with Crippen molar-refractivity contribution in [3.63, 3.8) is 0 Å². The molecule has 2 aromatic carbocycles. The van der Waals surface area contributed by atoms with Crippen molar-refractivity contribution in [2.24, 2.45) is 0 Å². The SMILES string of the molecule is CCC(C)c1c[cH-]c2ccccc12.[Cl-].[Cl-].[Cl-].[Hf+4]. The second-order valence-electron chi connectivity index (χ2n) is 3.69. The molecule has 1 atom stereocenters. The molecule has 2 aromatic rings. The van der Waals surface area contributed by atoms with Crippen molar-refractivity contribution in [2.75, 3.05) is 0 Å². The zero-order chi connectivity index (χ0) is 9.26. The largest absolute Gasteiger partial charge is 4.00 e. The minimum Gasteiger partial charge on any atom is -1.00 e. The van der Waals surface area contributed by atoms with E-state index in [9.17, 15) is 0 Å². The van der Waals surface area contributed by atoms with E-state index in [-0.39, 0.29) is 63.1 Å². The summed E-state index contributed by atoms with van der Waals surface area (Å²) in [6.07, 6.45) is 1.22. The number of rotatable bonds is 2. The van der Waals surface area contributed by atoms with Gasteiger partial charge in [0.15, 0.2) is 0 Å². The maximum absolute atomic E-state index is 2.29. The average molecular weight is 456 g/mol. The van der Waals surface area contributed by atoms with Crippen LogP contribution in [0.5, 0.6) is 0 Å². The predicted molar refractivity (Wildman–Crippen MR) is 58.2 cm³/mol. The van der Waals surface area contributed by atoms with Gasteiger partial charge in [0.1, 0.15) is 0 Å². The zero-order valence-electron chi connectivity index (χ0n) is 9.88. The Morgan fingerprint density at radius 1 is 1.12 bits per heavy atom. The summed E-state index contributed by atoms with van der Waals surface area (Å²) in [7, 11) is 0. The van der Waals surface area contributed by atoms with E-state index in [2.05, 4.69) is 50.2 Å². The Kier molecular flexibility index (Phi) is 14.0. The predicted octanol–water partition coefficient (Wildman–Crippen LogP) is -4.92. The van der Waals surface area contributed by atoms with Crippen molar-refractivity contribution in [2.45, 2.75) is 26.2 Å². The second kappa shape index (κ2) is 10.5. The summed E-state index contributed by atoms with van der Waals surface area (Å²) in [5.74, 6) is 0.680. The molecular formula is C13H15Cl3Hf. The summed E-state index contributed by atoms with van der Waals surface area (Å²) >= 11 is 0. The molecule has 0 aliphatic rings. The Labute approximate surface area is 141 Å². The summed E-state index contributed by atoms with van der Waals surface area (Å²) in [5.41, 5.74) is 1.50. The molecule has 4 heteroatoms. The van der Waals surface area contributed by atoms with E-state index in [1.165, 1.54) is 22.8 Å². The van der Waals surface area contributed by atoms with Crippen LogP contribution in [0.15, 0.2) is 36.4 Å². The second-order valence-corrected chi connectivity index (χ2v) is 3.69. The molecule has 0 aromatic heterocycles. The third kappa shape index (κ3) is 4.98. The van der Waals surface area contributed by atoms with Gasteiger partial charge in [-0.3, -0.25) is 0 Å². The van der Waals surface area contributed by atoms with Crippen molar-refractivity contribution in [3.05, 3.63) is 42.0 Å². The summed E-state index contributed by atoms with van der Waals surface area (Å²) < 4.78 is 0. The van der Waals surface area contributed by atoms with E-state index < -0.39 is 0 Å². The van der Waals surface area contributed by atoms with Gasteiger partial charge in [-0.05, 0) is 0 Å². The van der Waals surface area contributed by atoms with Crippen LogP contribution >= 0.6 is 0 Å². The minimum absolute atomic E-state index is 0. The van der Waals surface area contributed by atoms with E-state index >= 15 is 0 Å². The standard InChI is InChI=1S/C13H15.3ClH.Hf/c1-3-10(2)12-9-8-11-6-4-5-7-13(11)12;;;;/h4-10H,3H2,1-2H3;3*1H;/q-1;;;;+4/p-3. The minimum atomic E-state index is 0. The fraction of sp³-hybridized carbons (Fsp3) is 0.308. The molecule has 0 fully saturated rings. The Bertz CT molecular complexity index is 412.